The van der Waals surface area contributed by atoms with Gasteiger partial charge >= 0.3 is 0 Å². The summed E-state index contributed by atoms with van der Waals surface area (Å²) in [4.78, 5) is 27.5. The van der Waals surface area contributed by atoms with Crippen LogP contribution < -0.4 is 5.32 Å². The van der Waals surface area contributed by atoms with E-state index in [4.69, 9.17) is 4.42 Å². The highest BCUT2D eigenvalue weighted by molar-refractivity contribution is 5.96. The van der Waals surface area contributed by atoms with Crippen LogP contribution in [0.1, 0.15) is 32.1 Å². The number of carbonyl (C=O) groups excluding carboxylic acids is 1. The molecule has 0 aliphatic heterocycles. The number of benzene rings is 2. The molecule has 1 aliphatic carbocycles. The van der Waals surface area contributed by atoms with Crippen LogP contribution in [0.5, 0.6) is 0 Å². The molecule has 27 heavy (non-hydrogen) atoms. The Bertz CT molecular complexity index is 1010. The normalized spacial score (nSPS) is 15.0. The Morgan fingerprint density at radius 1 is 1.15 bits per heavy atom. The Hall–Kier alpha value is -3.22. The summed E-state index contributed by atoms with van der Waals surface area (Å²) in [6, 6.07) is 11.6. The summed E-state index contributed by atoms with van der Waals surface area (Å²) in [5.41, 5.74) is 2.12. The molecule has 7 nitrogen and oxygen atoms in total. The van der Waals surface area contributed by atoms with Crippen molar-refractivity contribution in [3.05, 3.63) is 52.6 Å². The van der Waals surface area contributed by atoms with Gasteiger partial charge in [0.05, 0.1) is 16.2 Å². The number of hydrogen-bond acceptors (Lipinski definition) is 5. The summed E-state index contributed by atoms with van der Waals surface area (Å²) < 4.78 is 5.77. The van der Waals surface area contributed by atoms with Gasteiger partial charge in [-0.3, -0.25) is 14.9 Å². The monoisotopic (exact) mass is 365 g/mol. The maximum Gasteiger partial charge on any atom is 0.271 e. The third-order valence-corrected chi connectivity index (χ3v) is 4.97. The molecule has 0 bridgehead atoms. The molecular weight excluding hydrogens is 346 g/mol. The number of para-hydroxylation sites is 1. The van der Waals surface area contributed by atoms with E-state index >= 15 is 0 Å². The first-order chi connectivity index (χ1) is 13.1. The molecule has 2 aromatic carbocycles. The number of oxazole rings is 1. The minimum atomic E-state index is -0.466. The standard InChI is InChI=1S/C20H19N3O4/c24-19(13-6-2-1-3-7-13)21-16-9-5-4-8-15(16)20-22-17-12-14(23(25)26)10-11-18(17)27-20/h4-5,8-13H,1-3,6-7H2,(H,21,24). The van der Waals surface area contributed by atoms with Gasteiger partial charge in [-0.15, -0.1) is 0 Å². The maximum atomic E-state index is 12.6. The number of nitro benzene ring substituents is 1. The average molecular weight is 365 g/mol. The van der Waals surface area contributed by atoms with Crippen LogP contribution in [0.4, 0.5) is 11.4 Å². The van der Waals surface area contributed by atoms with Crippen LogP contribution in [0.2, 0.25) is 0 Å². The summed E-state index contributed by atoms with van der Waals surface area (Å²) in [5, 5.41) is 14.0. The summed E-state index contributed by atoms with van der Waals surface area (Å²) in [6.07, 6.45) is 5.20. The van der Waals surface area contributed by atoms with Crippen molar-refractivity contribution in [3.8, 4) is 11.5 Å². The Morgan fingerprint density at radius 3 is 2.70 bits per heavy atom. The van der Waals surface area contributed by atoms with Crippen molar-refractivity contribution in [2.75, 3.05) is 5.32 Å². The number of hydrogen-bond donors (Lipinski definition) is 1. The summed E-state index contributed by atoms with van der Waals surface area (Å²) >= 11 is 0. The van der Waals surface area contributed by atoms with Crippen LogP contribution in [0.3, 0.4) is 0 Å². The van der Waals surface area contributed by atoms with Crippen molar-refractivity contribution in [1.29, 1.82) is 0 Å². The fourth-order valence-corrected chi connectivity index (χ4v) is 3.52. The molecule has 1 saturated carbocycles. The zero-order chi connectivity index (χ0) is 18.8. The molecule has 1 heterocycles. The van der Waals surface area contributed by atoms with Gasteiger partial charge in [0.2, 0.25) is 11.8 Å². The predicted octanol–water partition coefficient (Wildman–Crippen LogP) is 4.92. The molecule has 138 valence electrons. The number of carbonyl (C=O) groups is 1. The molecule has 1 amide bonds. The smallest absolute Gasteiger partial charge is 0.271 e. The van der Waals surface area contributed by atoms with Crippen molar-refractivity contribution in [1.82, 2.24) is 4.98 Å². The van der Waals surface area contributed by atoms with Gasteiger partial charge in [-0.05, 0) is 31.0 Å². The van der Waals surface area contributed by atoms with Crippen molar-refractivity contribution >= 4 is 28.4 Å². The van der Waals surface area contributed by atoms with E-state index in [0.717, 1.165) is 25.7 Å². The number of rotatable bonds is 4. The quantitative estimate of drug-likeness (QED) is 0.522. The zero-order valence-electron chi connectivity index (χ0n) is 14.7. The van der Waals surface area contributed by atoms with Gasteiger partial charge in [-0.1, -0.05) is 31.4 Å². The van der Waals surface area contributed by atoms with Gasteiger partial charge in [0, 0.05) is 18.1 Å². The number of non-ortho nitro benzene ring substituents is 1. The van der Waals surface area contributed by atoms with Crippen LogP contribution >= 0.6 is 0 Å². The van der Waals surface area contributed by atoms with Gasteiger partial charge in [-0.2, -0.15) is 0 Å². The Balaban J connectivity index is 1.65. The van der Waals surface area contributed by atoms with Crippen LogP contribution in [0, 0.1) is 16.0 Å². The summed E-state index contributed by atoms with van der Waals surface area (Å²) in [6.45, 7) is 0. The van der Waals surface area contributed by atoms with E-state index in [1.165, 1.54) is 24.6 Å². The Labute approximate surface area is 155 Å². The molecule has 0 unspecified atom stereocenters. The lowest BCUT2D eigenvalue weighted by Gasteiger charge is -2.21. The lowest BCUT2D eigenvalue weighted by molar-refractivity contribution is -0.384. The second-order valence-electron chi connectivity index (χ2n) is 6.80. The second-order valence-corrected chi connectivity index (χ2v) is 6.80. The molecule has 1 aromatic heterocycles. The minimum absolute atomic E-state index is 0.0221. The van der Waals surface area contributed by atoms with E-state index in [9.17, 15) is 14.9 Å². The first kappa shape index (κ1) is 17.2. The number of amides is 1. The fraction of sp³-hybridized carbons (Fsp3) is 0.300. The molecule has 3 aromatic rings. The molecule has 7 heteroatoms. The first-order valence-electron chi connectivity index (χ1n) is 9.07. The van der Waals surface area contributed by atoms with Crippen LogP contribution in [0.25, 0.3) is 22.6 Å². The highest BCUT2D eigenvalue weighted by Gasteiger charge is 2.23. The molecule has 0 saturated heterocycles. The van der Waals surface area contributed by atoms with Gasteiger partial charge in [0.1, 0.15) is 5.52 Å². The third kappa shape index (κ3) is 3.53. The van der Waals surface area contributed by atoms with E-state index in [1.807, 2.05) is 24.3 Å². The van der Waals surface area contributed by atoms with Crippen LogP contribution in [0.15, 0.2) is 46.9 Å². The molecule has 1 N–H and O–H groups in total. The highest BCUT2D eigenvalue weighted by atomic mass is 16.6. The van der Waals surface area contributed by atoms with Crippen molar-refractivity contribution in [2.45, 2.75) is 32.1 Å². The molecular formula is C20H19N3O4. The number of anilines is 1. The SMILES string of the molecule is O=C(Nc1ccccc1-c1nc2cc([N+](=O)[O-])ccc2o1)C1CCCCC1. The van der Waals surface area contributed by atoms with Gasteiger partial charge < -0.3 is 9.73 Å². The molecule has 0 radical (unpaired) electrons. The number of nitrogens with zero attached hydrogens (tertiary/aromatic N) is 2. The fourth-order valence-electron chi connectivity index (χ4n) is 3.52. The zero-order valence-corrected chi connectivity index (χ0v) is 14.7. The van der Waals surface area contributed by atoms with Gasteiger partial charge in [0.25, 0.3) is 5.69 Å². The van der Waals surface area contributed by atoms with Crippen LogP contribution in [-0.2, 0) is 4.79 Å². The number of aromatic nitrogens is 1. The lowest BCUT2D eigenvalue weighted by Crippen LogP contribution is -2.24. The highest BCUT2D eigenvalue weighted by Crippen LogP contribution is 2.32. The molecule has 0 spiro atoms. The predicted molar refractivity (Wildman–Crippen MR) is 101 cm³/mol. The van der Waals surface area contributed by atoms with E-state index in [1.54, 1.807) is 0 Å². The second kappa shape index (κ2) is 7.19. The van der Waals surface area contributed by atoms with Gasteiger partial charge in [0.15, 0.2) is 5.58 Å². The van der Waals surface area contributed by atoms with Crippen LogP contribution in [-0.4, -0.2) is 15.8 Å². The summed E-state index contributed by atoms with van der Waals surface area (Å²) in [7, 11) is 0. The maximum absolute atomic E-state index is 12.6. The lowest BCUT2D eigenvalue weighted by atomic mass is 9.88. The Morgan fingerprint density at radius 2 is 1.93 bits per heavy atom. The first-order valence-corrected chi connectivity index (χ1v) is 9.07. The van der Waals surface area contributed by atoms with E-state index in [0.29, 0.717) is 28.2 Å². The number of fused-ring (bicyclic) bond motifs is 1. The molecule has 4 rings (SSSR count). The minimum Gasteiger partial charge on any atom is -0.436 e. The van der Waals surface area contributed by atoms with E-state index in [-0.39, 0.29) is 17.5 Å². The number of nitro groups is 1. The average Bonchev–Trinajstić information content (AvgIpc) is 3.12. The summed E-state index contributed by atoms with van der Waals surface area (Å²) in [5.74, 6) is 0.386. The van der Waals surface area contributed by atoms with Gasteiger partial charge in [-0.25, -0.2) is 4.98 Å². The molecule has 1 aliphatic rings. The van der Waals surface area contributed by atoms with Crippen molar-refractivity contribution < 1.29 is 14.1 Å². The largest absolute Gasteiger partial charge is 0.436 e. The topological polar surface area (TPSA) is 98.3 Å². The van der Waals surface area contributed by atoms with Crippen molar-refractivity contribution in [2.24, 2.45) is 5.92 Å². The Kier molecular flexibility index (Phi) is 4.58. The molecule has 0 atom stereocenters. The van der Waals surface area contributed by atoms with Crippen molar-refractivity contribution in [3.63, 3.8) is 0 Å². The van der Waals surface area contributed by atoms with E-state index < -0.39 is 4.92 Å². The van der Waals surface area contributed by atoms with E-state index in [2.05, 4.69) is 10.3 Å². The third-order valence-electron chi connectivity index (χ3n) is 4.97. The number of nitrogens with one attached hydrogen (secondary N) is 1. The molecule has 1 fully saturated rings.